The maximum absolute atomic E-state index is 12.7. The number of carbonyl (C=O) groups is 3. The molecule has 0 spiro atoms. The van der Waals surface area contributed by atoms with Crippen LogP contribution in [0.3, 0.4) is 0 Å². The Kier molecular flexibility index (Phi) is 3.92. The van der Waals surface area contributed by atoms with Gasteiger partial charge in [-0.25, -0.2) is 4.68 Å². The molecule has 1 aromatic heterocycles. The van der Waals surface area contributed by atoms with E-state index in [1.807, 2.05) is 30.3 Å². The number of benzene rings is 1. The molecular weight excluding hydrogens is 296 g/mol. The van der Waals surface area contributed by atoms with E-state index in [4.69, 9.17) is 0 Å². The number of imide groups is 1. The van der Waals surface area contributed by atoms with Crippen LogP contribution in [0.15, 0.2) is 42.6 Å². The first-order valence-corrected chi connectivity index (χ1v) is 7.28. The van der Waals surface area contributed by atoms with Gasteiger partial charge in [-0.05, 0) is 24.6 Å². The number of hydrogen-bond acceptors (Lipinski definition) is 4. The average Bonchev–Trinajstić information content (AvgIpc) is 3.04. The number of aromatic nitrogens is 2. The summed E-state index contributed by atoms with van der Waals surface area (Å²) in [6, 6.07) is 10.2. The fourth-order valence-corrected chi connectivity index (χ4v) is 2.61. The smallest absolute Gasteiger partial charge is 0.273 e. The van der Waals surface area contributed by atoms with Crippen LogP contribution in [-0.4, -0.2) is 45.5 Å². The predicted molar refractivity (Wildman–Crippen MR) is 81.8 cm³/mol. The Balaban J connectivity index is 1.85. The normalized spacial score (nSPS) is 17.7. The summed E-state index contributed by atoms with van der Waals surface area (Å²) in [5, 5.41) is 6.44. The molecule has 0 radical (unpaired) electrons. The lowest BCUT2D eigenvalue weighted by atomic mass is 10.0. The SMILES string of the molecule is CN(C(=O)c1ccnn1-c1ccccc1)C1CCC(=O)NC1=O. The van der Waals surface area contributed by atoms with E-state index in [0.29, 0.717) is 12.1 Å². The number of carbonyl (C=O) groups excluding carboxylic acids is 3. The number of para-hydroxylation sites is 1. The zero-order chi connectivity index (χ0) is 16.4. The van der Waals surface area contributed by atoms with Crippen LogP contribution in [0.4, 0.5) is 0 Å². The molecule has 7 nitrogen and oxygen atoms in total. The van der Waals surface area contributed by atoms with E-state index in [9.17, 15) is 14.4 Å². The summed E-state index contributed by atoms with van der Waals surface area (Å²) in [6.45, 7) is 0. The monoisotopic (exact) mass is 312 g/mol. The highest BCUT2D eigenvalue weighted by atomic mass is 16.2. The van der Waals surface area contributed by atoms with Gasteiger partial charge in [0.2, 0.25) is 11.8 Å². The second kappa shape index (κ2) is 6.04. The van der Waals surface area contributed by atoms with Crippen molar-refractivity contribution in [2.24, 2.45) is 0 Å². The highest BCUT2D eigenvalue weighted by Crippen LogP contribution is 2.16. The Labute approximate surface area is 132 Å². The summed E-state index contributed by atoms with van der Waals surface area (Å²) >= 11 is 0. The molecule has 1 fully saturated rings. The number of nitrogens with zero attached hydrogens (tertiary/aromatic N) is 3. The largest absolute Gasteiger partial charge is 0.328 e. The molecule has 1 N–H and O–H groups in total. The van der Waals surface area contributed by atoms with Crippen molar-refractivity contribution in [2.45, 2.75) is 18.9 Å². The van der Waals surface area contributed by atoms with Crippen LogP contribution in [0.2, 0.25) is 0 Å². The van der Waals surface area contributed by atoms with Crippen molar-refractivity contribution in [2.75, 3.05) is 7.05 Å². The van der Waals surface area contributed by atoms with Crippen LogP contribution in [-0.2, 0) is 9.59 Å². The van der Waals surface area contributed by atoms with Gasteiger partial charge < -0.3 is 4.90 Å². The third-order valence-corrected chi connectivity index (χ3v) is 3.86. The average molecular weight is 312 g/mol. The van der Waals surface area contributed by atoms with Gasteiger partial charge >= 0.3 is 0 Å². The van der Waals surface area contributed by atoms with Crippen molar-refractivity contribution < 1.29 is 14.4 Å². The summed E-state index contributed by atoms with van der Waals surface area (Å²) in [5.41, 5.74) is 1.13. The minimum atomic E-state index is -0.653. The van der Waals surface area contributed by atoms with Gasteiger partial charge in [-0.3, -0.25) is 19.7 Å². The Hall–Kier alpha value is -2.96. The maximum atomic E-state index is 12.7. The summed E-state index contributed by atoms with van der Waals surface area (Å²) in [7, 11) is 1.56. The van der Waals surface area contributed by atoms with E-state index in [1.54, 1.807) is 19.3 Å². The highest BCUT2D eigenvalue weighted by molar-refractivity contribution is 6.03. The van der Waals surface area contributed by atoms with Crippen LogP contribution < -0.4 is 5.32 Å². The quantitative estimate of drug-likeness (QED) is 0.848. The molecule has 1 aliphatic heterocycles. The van der Waals surface area contributed by atoms with E-state index < -0.39 is 11.9 Å². The predicted octanol–water partition coefficient (Wildman–Crippen LogP) is 0.749. The fraction of sp³-hybridized carbons (Fsp3) is 0.250. The first-order chi connectivity index (χ1) is 11.1. The number of likely N-dealkylation sites (N-methyl/N-ethyl adjacent to an activating group) is 1. The molecule has 1 saturated heterocycles. The Morgan fingerprint density at radius 2 is 2.00 bits per heavy atom. The molecule has 0 saturated carbocycles. The van der Waals surface area contributed by atoms with Crippen LogP contribution in [0.1, 0.15) is 23.3 Å². The summed E-state index contributed by atoms with van der Waals surface area (Å²) in [6.07, 6.45) is 2.09. The van der Waals surface area contributed by atoms with E-state index in [2.05, 4.69) is 10.4 Å². The first kappa shape index (κ1) is 15.0. The molecule has 0 aliphatic carbocycles. The van der Waals surface area contributed by atoms with Crippen LogP contribution in [0.25, 0.3) is 5.69 Å². The molecule has 2 heterocycles. The molecule has 1 aliphatic rings. The van der Waals surface area contributed by atoms with Crippen molar-refractivity contribution in [3.8, 4) is 5.69 Å². The number of rotatable bonds is 3. The van der Waals surface area contributed by atoms with E-state index in [1.165, 1.54) is 9.58 Å². The van der Waals surface area contributed by atoms with Gasteiger partial charge in [-0.1, -0.05) is 18.2 Å². The minimum absolute atomic E-state index is 0.228. The van der Waals surface area contributed by atoms with Gasteiger partial charge in [0.1, 0.15) is 11.7 Å². The summed E-state index contributed by atoms with van der Waals surface area (Å²) in [5.74, 6) is -1.06. The molecule has 3 amide bonds. The lowest BCUT2D eigenvalue weighted by Crippen LogP contribution is -2.53. The third-order valence-electron chi connectivity index (χ3n) is 3.86. The molecule has 1 atom stereocenters. The first-order valence-electron chi connectivity index (χ1n) is 7.28. The van der Waals surface area contributed by atoms with Gasteiger partial charge in [0.25, 0.3) is 5.91 Å². The molecule has 1 aromatic carbocycles. The van der Waals surface area contributed by atoms with Gasteiger partial charge in [-0.15, -0.1) is 0 Å². The van der Waals surface area contributed by atoms with Gasteiger partial charge in [0, 0.05) is 13.5 Å². The molecule has 3 rings (SSSR count). The lowest BCUT2D eigenvalue weighted by molar-refractivity contribution is -0.136. The molecule has 23 heavy (non-hydrogen) atoms. The highest BCUT2D eigenvalue weighted by Gasteiger charge is 2.33. The number of hydrogen-bond donors (Lipinski definition) is 1. The molecule has 0 bridgehead atoms. The molecule has 118 valence electrons. The molecule has 1 unspecified atom stereocenters. The summed E-state index contributed by atoms with van der Waals surface area (Å²) < 4.78 is 1.53. The lowest BCUT2D eigenvalue weighted by Gasteiger charge is -2.29. The Morgan fingerprint density at radius 1 is 1.26 bits per heavy atom. The van der Waals surface area contributed by atoms with E-state index in [-0.39, 0.29) is 18.2 Å². The minimum Gasteiger partial charge on any atom is -0.328 e. The Morgan fingerprint density at radius 3 is 2.70 bits per heavy atom. The molecular formula is C16H16N4O3. The van der Waals surface area contributed by atoms with Crippen LogP contribution in [0.5, 0.6) is 0 Å². The zero-order valence-electron chi connectivity index (χ0n) is 12.6. The second-order valence-corrected chi connectivity index (χ2v) is 5.35. The van der Waals surface area contributed by atoms with E-state index >= 15 is 0 Å². The number of nitrogens with one attached hydrogen (secondary N) is 1. The zero-order valence-corrected chi connectivity index (χ0v) is 12.6. The second-order valence-electron chi connectivity index (χ2n) is 5.35. The van der Waals surface area contributed by atoms with Crippen molar-refractivity contribution in [1.29, 1.82) is 0 Å². The van der Waals surface area contributed by atoms with Crippen molar-refractivity contribution >= 4 is 17.7 Å². The van der Waals surface area contributed by atoms with E-state index in [0.717, 1.165) is 5.69 Å². The number of amides is 3. The summed E-state index contributed by atoms with van der Waals surface area (Å²) in [4.78, 5) is 37.2. The van der Waals surface area contributed by atoms with Crippen molar-refractivity contribution in [3.05, 3.63) is 48.3 Å². The van der Waals surface area contributed by atoms with Crippen LogP contribution in [0, 0.1) is 0 Å². The number of piperidine rings is 1. The maximum Gasteiger partial charge on any atom is 0.273 e. The van der Waals surface area contributed by atoms with Crippen LogP contribution >= 0.6 is 0 Å². The van der Waals surface area contributed by atoms with Crippen molar-refractivity contribution in [3.63, 3.8) is 0 Å². The van der Waals surface area contributed by atoms with Gasteiger partial charge in [-0.2, -0.15) is 5.10 Å². The fourth-order valence-electron chi connectivity index (χ4n) is 2.61. The standard InChI is InChI=1S/C16H16N4O3/c1-19(12-7-8-14(21)18-15(12)22)16(23)13-9-10-17-20(13)11-5-3-2-4-6-11/h2-6,9-10,12H,7-8H2,1H3,(H,18,21,22). The van der Waals surface area contributed by atoms with Gasteiger partial charge in [0.05, 0.1) is 11.9 Å². The third kappa shape index (κ3) is 2.85. The molecule has 2 aromatic rings. The van der Waals surface area contributed by atoms with Crippen molar-refractivity contribution in [1.82, 2.24) is 20.0 Å². The molecule has 7 heteroatoms. The van der Waals surface area contributed by atoms with Gasteiger partial charge in [0.15, 0.2) is 0 Å². The Bertz CT molecular complexity index is 754. The topological polar surface area (TPSA) is 84.3 Å².